The Morgan fingerprint density at radius 2 is 1.69 bits per heavy atom. The number of Topliss-reactive ketones (excluding diaryl/α,β-unsaturated/α-hetero) is 1. The van der Waals surface area contributed by atoms with E-state index in [-0.39, 0.29) is 12.4 Å². The SMILES string of the molecule is COC(=O)[C@H]1N[C@@H](c2ccccc2)[C@]2(COc3ccccc3C2=O)[C@@H]1c1ccc(Cl)cc1. The first-order chi connectivity index (χ1) is 15.6. The number of esters is 1. The van der Waals surface area contributed by atoms with Gasteiger partial charge in [0.25, 0.3) is 0 Å². The van der Waals surface area contributed by atoms with E-state index in [1.807, 2.05) is 54.6 Å². The highest BCUT2D eigenvalue weighted by molar-refractivity contribution is 6.30. The number of para-hydroxylation sites is 1. The second-order valence-electron chi connectivity index (χ2n) is 8.19. The van der Waals surface area contributed by atoms with Gasteiger partial charge in [-0.3, -0.25) is 14.9 Å². The molecule has 3 aromatic rings. The second kappa shape index (κ2) is 8.08. The number of rotatable bonds is 3. The molecule has 32 heavy (non-hydrogen) atoms. The van der Waals surface area contributed by atoms with Gasteiger partial charge in [0.2, 0.25) is 0 Å². The first kappa shape index (κ1) is 20.7. The largest absolute Gasteiger partial charge is 0.492 e. The molecular weight excluding hydrogens is 426 g/mol. The fraction of sp³-hybridized carbons (Fsp3) is 0.231. The maximum atomic E-state index is 14.2. The quantitative estimate of drug-likeness (QED) is 0.596. The summed E-state index contributed by atoms with van der Waals surface area (Å²) in [6.07, 6.45) is 0. The Hall–Kier alpha value is -3.15. The molecule has 5 nitrogen and oxygen atoms in total. The Balaban J connectivity index is 1.75. The lowest BCUT2D eigenvalue weighted by atomic mass is 9.62. The van der Waals surface area contributed by atoms with Crippen molar-refractivity contribution < 1.29 is 19.1 Å². The topological polar surface area (TPSA) is 64.6 Å². The number of carbonyl (C=O) groups is 2. The summed E-state index contributed by atoms with van der Waals surface area (Å²) in [4.78, 5) is 27.2. The molecule has 0 amide bonds. The molecule has 0 radical (unpaired) electrons. The normalized spacial score (nSPS) is 26.4. The molecule has 162 valence electrons. The average Bonchev–Trinajstić information content (AvgIpc) is 3.18. The number of halogens is 1. The zero-order valence-electron chi connectivity index (χ0n) is 17.5. The lowest BCUT2D eigenvalue weighted by Gasteiger charge is -2.41. The summed E-state index contributed by atoms with van der Waals surface area (Å²) >= 11 is 6.14. The van der Waals surface area contributed by atoms with E-state index in [4.69, 9.17) is 21.1 Å². The van der Waals surface area contributed by atoms with Crippen LogP contribution >= 0.6 is 11.6 Å². The van der Waals surface area contributed by atoms with Crippen LogP contribution in [0.15, 0.2) is 78.9 Å². The standard InChI is InChI=1S/C26H22ClNO4/c1-31-25(30)22-21(16-11-13-18(27)14-12-16)26(23(28-22)17-7-3-2-4-8-17)15-32-20-10-6-5-9-19(20)24(26)29/h2-14,21-23,28H,15H2,1H3/t21-,22+,23+,26+/m1/s1. The van der Waals surface area contributed by atoms with Crippen LogP contribution in [0.2, 0.25) is 5.02 Å². The number of ketones is 1. The summed E-state index contributed by atoms with van der Waals surface area (Å²) in [6.45, 7) is 0.135. The van der Waals surface area contributed by atoms with Gasteiger partial charge in [-0.2, -0.15) is 0 Å². The fourth-order valence-electron chi connectivity index (χ4n) is 5.17. The van der Waals surface area contributed by atoms with Crippen molar-refractivity contribution in [2.24, 2.45) is 5.41 Å². The highest BCUT2D eigenvalue weighted by Crippen LogP contribution is 2.57. The van der Waals surface area contributed by atoms with Crippen molar-refractivity contribution in [1.29, 1.82) is 0 Å². The van der Waals surface area contributed by atoms with E-state index in [1.54, 1.807) is 24.3 Å². The Kier molecular flexibility index (Phi) is 5.24. The van der Waals surface area contributed by atoms with E-state index in [9.17, 15) is 9.59 Å². The molecular formula is C26H22ClNO4. The molecule has 1 saturated heterocycles. The van der Waals surface area contributed by atoms with E-state index < -0.39 is 29.4 Å². The van der Waals surface area contributed by atoms with Gasteiger partial charge in [-0.25, -0.2) is 0 Å². The van der Waals surface area contributed by atoms with Crippen molar-refractivity contribution in [2.75, 3.05) is 13.7 Å². The molecule has 6 heteroatoms. The summed E-state index contributed by atoms with van der Waals surface area (Å²) in [7, 11) is 1.36. The number of hydrogen-bond donors (Lipinski definition) is 1. The van der Waals surface area contributed by atoms with E-state index in [0.29, 0.717) is 16.3 Å². The number of ether oxygens (including phenoxy) is 2. The zero-order chi connectivity index (χ0) is 22.3. The Morgan fingerprint density at radius 3 is 2.41 bits per heavy atom. The van der Waals surface area contributed by atoms with Crippen LogP contribution in [0.5, 0.6) is 5.75 Å². The summed E-state index contributed by atoms with van der Waals surface area (Å²) in [6, 6.07) is 23.1. The third kappa shape index (κ3) is 3.12. The van der Waals surface area contributed by atoms with Crippen molar-refractivity contribution >= 4 is 23.4 Å². The Bertz CT molecular complexity index is 1160. The van der Waals surface area contributed by atoms with E-state index in [0.717, 1.165) is 11.1 Å². The number of carbonyl (C=O) groups excluding carboxylic acids is 2. The van der Waals surface area contributed by atoms with Gasteiger partial charge in [-0.15, -0.1) is 0 Å². The second-order valence-corrected chi connectivity index (χ2v) is 8.63. The summed E-state index contributed by atoms with van der Waals surface area (Å²) in [5, 5.41) is 4.02. The number of hydrogen-bond acceptors (Lipinski definition) is 5. The van der Waals surface area contributed by atoms with Crippen LogP contribution in [-0.2, 0) is 9.53 Å². The van der Waals surface area contributed by atoms with Crippen LogP contribution in [-0.4, -0.2) is 31.5 Å². The summed E-state index contributed by atoms with van der Waals surface area (Å²) in [5.74, 6) is -0.425. The van der Waals surface area contributed by atoms with Gasteiger partial charge in [0.05, 0.1) is 18.1 Å². The van der Waals surface area contributed by atoms with E-state index in [2.05, 4.69) is 5.32 Å². The smallest absolute Gasteiger partial charge is 0.323 e. The molecule has 1 N–H and O–H groups in total. The van der Waals surface area contributed by atoms with Crippen LogP contribution < -0.4 is 10.1 Å². The number of methoxy groups -OCH3 is 1. The molecule has 0 aliphatic carbocycles. The third-order valence-corrected chi connectivity index (χ3v) is 6.84. The van der Waals surface area contributed by atoms with Crippen molar-refractivity contribution in [1.82, 2.24) is 5.32 Å². The van der Waals surface area contributed by atoms with Crippen molar-refractivity contribution in [2.45, 2.75) is 18.0 Å². The van der Waals surface area contributed by atoms with Gasteiger partial charge in [0.15, 0.2) is 5.78 Å². The van der Waals surface area contributed by atoms with Crippen molar-refractivity contribution in [3.05, 3.63) is 101 Å². The molecule has 0 unspecified atom stereocenters. The maximum absolute atomic E-state index is 14.2. The average molecular weight is 448 g/mol. The summed E-state index contributed by atoms with van der Waals surface area (Å²) < 4.78 is 11.3. The number of nitrogens with one attached hydrogen (secondary N) is 1. The molecule has 5 rings (SSSR count). The van der Waals surface area contributed by atoms with Gasteiger partial charge in [0.1, 0.15) is 18.4 Å². The lowest BCUT2D eigenvalue weighted by Crippen LogP contribution is -2.48. The fourth-order valence-corrected chi connectivity index (χ4v) is 5.30. The lowest BCUT2D eigenvalue weighted by molar-refractivity contribution is -0.143. The molecule has 3 aromatic carbocycles. The number of benzene rings is 3. The van der Waals surface area contributed by atoms with E-state index in [1.165, 1.54) is 7.11 Å². The van der Waals surface area contributed by atoms with Gasteiger partial charge in [0, 0.05) is 17.0 Å². The molecule has 2 heterocycles. The van der Waals surface area contributed by atoms with Crippen molar-refractivity contribution in [3.63, 3.8) is 0 Å². The molecule has 2 aliphatic rings. The molecule has 1 spiro atoms. The van der Waals surface area contributed by atoms with Crippen LogP contribution in [0, 0.1) is 5.41 Å². The predicted molar refractivity (Wildman–Crippen MR) is 121 cm³/mol. The molecule has 0 bridgehead atoms. The minimum atomic E-state index is -1.05. The van der Waals surface area contributed by atoms with Gasteiger partial charge < -0.3 is 9.47 Å². The molecule has 0 saturated carbocycles. The monoisotopic (exact) mass is 447 g/mol. The highest BCUT2D eigenvalue weighted by atomic mass is 35.5. The van der Waals surface area contributed by atoms with E-state index >= 15 is 0 Å². The first-order valence-corrected chi connectivity index (χ1v) is 10.8. The maximum Gasteiger partial charge on any atom is 0.323 e. The van der Waals surface area contributed by atoms with Crippen LogP contribution in [0.25, 0.3) is 0 Å². The van der Waals surface area contributed by atoms with Gasteiger partial charge >= 0.3 is 5.97 Å². The van der Waals surface area contributed by atoms with Crippen LogP contribution in [0.4, 0.5) is 0 Å². The molecule has 0 aromatic heterocycles. The minimum absolute atomic E-state index is 0.0490. The third-order valence-electron chi connectivity index (χ3n) is 6.59. The Labute approximate surface area is 191 Å². The highest BCUT2D eigenvalue weighted by Gasteiger charge is 2.64. The first-order valence-electron chi connectivity index (χ1n) is 10.5. The van der Waals surface area contributed by atoms with Crippen LogP contribution in [0.1, 0.15) is 33.4 Å². The summed E-state index contributed by atoms with van der Waals surface area (Å²) in [5.41, 5.74) is 1.20. The zero-order valence-corrected chi connectivity index (χ0v) is 18.2. The number of fused-ring (bicyclic) bond motifs is 1. The van der Waals surface area contributed by atoms with Crippen LogP contribution in [0.3, 0.4) is 0 Å². The Morgan fingerprint density at radius 1 is 1.00 bits per heavy atom. The van der Waals surface area contributed by atoms with Gasteiger partial charge in [-0.05, 0) is 35.4 Å². The molecule has 1 fully saturated rings. The predicted octanol–water partition coefficient (Wildman–Crippen LogP) is 4.57. The van der Waals surface area contributed by atoms with Gasteiger partial charge in [-0.1, -0.05) is 66.2 Å². The minimum Gasteiger partial charge on any atom is -0.492 e. The van der Waals surface area contributed by atoms with Crippen molar-refractivity contribution in [3.8, 4) is 5.75 Å². The molecule has 2 aliphatic heterocycles. The molecule has 4 atom stereocenters.